The fraction of sp³-hybridized carbons (Fsp3) is 0.333. The highest BCUT2D eigenvalue weighted by Gasteiger charge is 2.20. The third-order valence-corrected chi connectivity index (χ3v) is 2.99. The van der Waals surface area contributed by atoms with Crippen molar-refractivity contribution in [1.29, 1.82) is 0 Å². The largest absolute Gasteiger partial charge is 0.498 e. The van der Waals surface area contributed by atoms with Gasteiger partial charge in [0.2, 0.25) is 5.95 Å². The molecule has 6 heteroatoms. The molecule has 0 spiro atoms. The Morgan fingerprint density at radius 2 is 2.00 bits per heavy atom. The molecule has 0 radical (unpaired) electrons. The molecule has 1 aromatic heterocycles. The molecule has 1 N–H and O–H groups in total. The third kappa shape index (κ3) is 3.08. The monoisotopic (exact) mass is 311 g/mol. The van der Waals surface area contributed by atoms with Crippen molar-refractivity contribution in [1.82, 2.24) is 9.97 Å². The van der Waals surface area contributed by atoms with Crippen molar-refractivity contribution in [3.8, 4) is 0 Å². The number of rotatable bonds is 4. The second-order valence-electron chi connectivity index (χ2n) is 3.74. The van der Waals surface area contributed by atoms with Gasteiger partial charge < -0.3 is 14.8 Å². The van der Waals surface area contributed by atoms with Gasteiger partial charge in [-0.15, -0.1) is 0 Å². The molecule has 5 nitrogen and oxygen atoms in total. The zero-order valence-corrected chi connectivity index (χ0v) is 11.8. The van der Waals surface area contributed by atoms with Crippen molar-refractivity contribution >= 4 is 21.9 Å². The van der Waals surface area contributed by atoms with Gasteiger partial charge in [-0.25, -0.2) is 9.97 Å². The van der Waals surface area contributed by atoms with Gasteiger partial charge in [0.15, 0.2) is 0 Å². The maximum atomic E-state index is 5.36. The highest BCUT2D eigenvalue weighted by atomic mass is 79.9. The Morgan fingerprint density at radius 3 is 2.61 bits per heavy atom. The van der Waals surface area contributed by atoms with Crippen LogP contribution in [0, 0.1) is 0 Å². The van der Waals surface area contributed by atoms with Gasteiger partial charge in [0, 0.05) is 31.6 Å². The molecule has 0 fully saturated rings. The lowest BCUT2D eigenvalue weighted by Crippen LogP contribution is -2.21. The molecule has 0 aliphatic heterocycles. The molecule has 2 rings (SSSR count). The van der Waals surface area contributed by atoms with E-state index in [1.165, 1.54) is 0 Å². The maximum absolute atomic E-state index is 5.36. The molecule has 1 heterocycles. The van der Waals surface area contributed by atoms with Crippen LogP contribution in [0.5, 0.6) is 0 Å². The molecule has 18 heavy (non-hydrogen) atoms. The van der Waals surface area contributed by atoms with E-state index in [1.54, 1.807) is 26.6 Å². The van der Waals surface area contributed by atoms with Crippen molar-refractivity contribution in [3.63, 3.8) is 0 Å². The van der Waals surface area contributed by atoms with Crippen molar-refractivity contribution in [3.05, 3.63) is 40.5 Å². The highest BCUT2D eigenvalue weighted by Crippen LogP contribution is 2.22. The summed E-state index contributed by atoms with van der Waals surface area (Å²) in [7, 11) is 3.30. The van der Waals surface area contributed by atoms with E-state index in [4.69, 9.17) is 9.47 Å². The number of nitrogens with one attached hydrogen (secondary N) is 1. The van der Waals surface area contributed by atoms with Crippen LogP contribution in [0.15, 0.2) is 40.5 Å². The summed E-state index contributed by atoms with van der Waals surface area (Å²) in [6.07, 6.45) is 7.86. The van der Waals surface area contributed by atoms with Crippen LogP contribution in [0.3, 0.4) is 0 Å². The van der Waals surface area contributed by atoms with Crippen LogP contribution in [-0.4, -0.2) is 30.3 Å². The van der Waals surface area contributed by atoms with E-state index >= 15 is 0 Å². The Morgan fingerprint density at radius 1 is 1.28 bits per heavy atom. The molecule has 0 aromatic carbocycles. The SMILES string of the molecule is COC1=CC=C(Nc2ncc(Br)cn2)CC1OC. The molecule has 1 atom stereocenters. The number of halogens is 1. The number of methoxy groups -OCH3 is 2. The molecule has 1 unspecified atom stereocenters. The van der Waals surface area contributed by atoms with E-state index in [-0.39, 0.29) is 6.10 Å². The molecule has 0 saturated heterocycles. The van der Waals surface area contributed by atoms with Crippen LogP contribution in [-0.2, 0) is 9.47 Å². The Kier molecular flexibility index (Phi) is 4.33. The van der Waals surface area contributed by atoms with Gasteiger partial charge >= 0.3 is 0 Å². The number of anilines is 1. The number of hydrogen-bond acceptors (Lipinski definition) is 5. The van der Waals surface area contributed by atoms with E-state index in [2.05, 4.69) is 31.2 Å². The minimum atomic E-state index is -0.0713. The maximum Gasteiger partial charge on any atom is 0.226 e. The second kappa shape index (κ2) is 5.97. The lowest BCUT2D eigenvalue weighted by atomic mass is 10.1. The van der Waals surface area contributed by atoms with E-state index in [1.807, 2.05) is 12.2 Å². The van der Waals surface area contributed by atoms with Gasteiger partial charge in [-0.3, -0.25) is 0 Å². The van der Waals surface area contributed by atoms with Gasteiger partial charge in [0.05, 0.1) is 11.6 Å². The molecular formula is C12H14BrN3O2. The summed E-state index contributed by atoms with van der Waals surface area (Å²) in [5.74, 6) is 1.38. The van der Waals surface area contributed by atoms with Crippen LogP contribution in [0.1, 0.15) is 6.42 Å². The fourth-order valence-corrected chi connectivity index (χ4v) is 1.88. The number of ether oxygens (including phenoxy) is 2. The van der Waals surface area contributed by atoms with E-state index in [0.29, 0.717) is 12.4 Å². The lowest BCUT2D eigenvalue weighted by molar-refractivity contribution is 0.0776. The van der Waals surface area contributed by atoms with E-state index < -0.39 is 0 Å². The summed E-state index contributed by atoms with van der Waals surface area (Å²) < 4.78 is 11.4. The predicted octanol–water partition coefficient (Wildman–Crippen LogP) is 2.48. The molecule has 1 aliphatic rings. The first-order valence-corrected chi connectivity index (χ1v) is 6.24. The summed E-state index contributed by atoms with van der Waals surface area (Å²) in [6.45, 7) is 0. The van der Waals surface area contributed by atoms with Crippen LogP contribution in [0.25, 0.3) is 0 Å². The van der Waals surface area contributed by atoms with Gasteiger partial charge in [0.1, 0.15) is 11.9 Å². The van der Waals surface area contributed by atoms with E-state index in [9.17, 15) is 0 Å². The second-order valence-corrected chi connectivity index (χ2v) is 4.66. The highest BCUT2D eigenvalue weighted by molar-refractivity contribution is 9.10. The zero-order chi connectivity index (χ0) is 13.0. The Bertz CT molecular complexity index is 471. The summed E-state index contributed by atoms with van der Waals surface area (Å²) in [5.41, 5.74) is 0.991. The normalized spacial score (nSPS) is 18.9. The standard InChI is InChI=1S/C12H14BrN3O2/c1-17-10-4-3-9(5-11(10)18-2)16-12-14-6-8(13)7-15-12/h3-4,6-7,11H,5H2,1-2H3,(H,14,15,16). The van der Waals surface area contributed by atoms with Gasteiger partial charge in [-0.05, 0) is 28.1 Å². The minimum absolute atomic E-state index is 0.0713. The molecule has 0 saturated carbocycles. The lowest BCUT2D eigenvalue weighted by Gasteiger charge is -2.22. The van der Waals surface area contributed by atoms with Crippen LogP contribution in [0.2, 0.25) is 0 Å². The van der Waals surface area contributed by atoms with Crippen LogP contribution in [0.4, 0.5) is 5.95 Å². The number of aromatic nitrogens is 2. The smallest absolute Gasteiger partial charge is 0.226 e. The Balaban J connectivity index is 2.08. The Hall–Kier alpha value is -1.40. The summed E-state index contributed by atoms with van der Waals surface area (Å²) in [5, 5.41) is 3.15. The van der Waals surface area contributed by atoms with Crippen molar-refractivity contribution < 1.29 is 9.47 Å². The average Bonchev–Trinajstić information content (AvgIpc) is 2.41. The third-order valence-electron chi connectivity index (χ3n) is 2.58. The number of hydrogen-bond donors (Lipinski definition) is 1. The average molecular weight is 312 g/mol. The summed E-state index contributed by atoms with van der Waals surface area (Å²) in [4.78, 5) is 8.32. The molecule has 0 bridgehead atoms. The van der Waals surface area contributed by atoms with Crippen molar-refractivity contribution in [2.75, 3.05) is 19.5 Å². The molecule has 96 valence electrons. The van der Waals surface area contributed by atoms with Gasteiger partial charge in [0.25, 0.3) is 0 Å². The fourth-order valence-electron chi connectivity index (χ4n) is 1.67. The molecule has 1 aliphatic carbocycles. The van der Waals surface area contributed by atoms with Crippen molar-refractivity contribution in [2.45, 2.75) is 12.5 Å². The van der Waals surface area contributed by atoms with E-state index in [0.717, 1.165) is 15.9 Å². The molecular weight excluding hydrogens is 298 g/mol. The van der Waals surface area contributed by atoms with Gasteiger partial charge in [-0.1, -0.05) is 0 Å². The van der Waals surface area contributed by atoms with Crippen LogP contribution < -0.4 is 5.32 Å². The molecule has 1 aromatic rings. The van der Waals surface area contributed by atoms with Crippen LogP contribution >= 0.6 is 15.9 Å². The number of nitrogens with zero attached hydrogens (tertiary/aromatic N) is 2. The first-order chi connectivity index (χ1) is 8.72. The van der Waals surface area contributed by atoms with Gasteiger partial charge in [-0.2, -0.15) is 0 Å². The molecule has 0 amide bonds. The quantitative estimate of drug-likeness (QED) is 0.925. The Labute approximate surface area is 114 Å². The first kappa shape index (κ1) is 13.0. The topological polar surface area (TPSA) is 56.3 Å². The number of allylic oxidation sites excluding steroid dienone is 2. The predicted molar refractivity (Wildman–Crippen MR) is 71.9 cm³/mol. The van der Waals surface area contributed by atoms with Crippen molar-refractivity contribution in [2.24, 2.45) is 0 Å². The zero-order valence-electron chi connectivity index (χ0n) is 10.2. The summed E-state index contributed by atoms with van der Waals surface area (Å²) >= 11 is 3.30. The minimum Gasteiger partial charge on any atom is -0.498 e. The summed E-state index contributed by atoms with van der Waals surface area (Å²) in [6, 6.07) is 0. The first-order valence-electron chi connectivity index (χ1n) is 5.45.